The molecule has 118 valence electrons. The highest BCUT2D eigenvalue weighted by Gasteiger charge is 2.16. The monoisotopic (exact) mass is 317 g/mol. The van der Waals surface area contributed by atoms with Crippen LogP contribution in [0.5, 0.6) is 5.75 Å². The molecule has 0 aromatic heterocycles. The fourth-order valence-electron chi connectivity index (χ4n) is 2.53. The molecule has 0 aliphatic heterocycles. The second kappa shape index (κ2) is 8.21. The van der Waals surface area contributed by atoms with Crippen LogP contribution in [0, 0.1) is 6.92 Å². The Kier molecular flexibility index (Phi) is 6.29. The van der Waals surface area contributed by atoms with E-state index < -0.39 is 0 Å². The minimum atomic E-state index is -0.0878. The number of rotatable bonds is 7. The van der Waals surface area contributed by atoms with E-state index in [1.807, 2.05) is 19.1 Å². The Morgan fingerprint density at radius 3 is 2.55 bits per heavy atom. The first-order valence-corrected chi connectivity index (χ1v) is 8.13. The van der Waals surface area contributed by atoms with Crippen molar-refractivity contribution < 1.29 is 4.74 Å². The SMILES string of the molecule is CCOc1ccc(C)cc1C(Cl)CN(C)Cc1ccccc1. The molecule has 2 aromatic carbocycles. The van der Waals surface area contributed by atoms with E-state index in [1.54, 1.807) is 0 Å². The molecule has 22 heavy (non-hydrogen) atoms. The van der Waals surface area contributed by atoms with Gasteiger partial charge in [-0.25, -0.2) is 0 Å². The number of hydrogen-bond donors (Lipinski definition) is 0. The van der Waals surface area contributed by atoms with Crippen LogP contribution in [0.4, 0.5) is 0 Å². The first kappa shape index (κ1) is 16.9. The van der Waals surface area contributed by atoms with Crippen LogP contribution in [0.3, 0.4) is 0 Å². The minimum Gasteiger partial charge on any atom is -0.494 e. The molecule has 3 heteroatoms. The number of nitrogens with zero attached hydrogens (tertiary/aromatic N) is 1. The van der Waals surface area contributed by atoms with Gasteiger partial charge in [0.05, 0.1) is 12.0 Å². The van der Waals surface area contributed by atoms with Gasteiger partial charge in [-0.05, 0) is 32.5 Å². The summed E-state index contributed by atoms with van der Waals surface area (Å²) in [5, 5.41) is -0.0878. The van der Waals surface area contributed by atoms with Gasteiger partial charge in [0.15, 0.2) is 0 Å². The summed E-state index contributed by atoms with van der Waals surface area (Å²) in [7, 11) is 2.10. The molecule has 0 aliphatic rings. The van der Waals surface area contributed by atoms with Crippen LogP contribution in [0.1, 0.15) is 29.0 Å². The summed E-state index contributed by atoms with van der Waals surface area (Å²) in [5.41, 5.74) is 3.57. The van der Waals surface area contributed by atoms with Gasteiger partial charge in [-0.1, -0.05) is 48.0 Å². The van der Waals surface area contributed by atoms with Crippen molar-refractivity contribution in [1.29, 1.82) is 0 Å². The average molecular weight is 318 g/mol. The third kappa shape index (κ3) is 4.75. The predicted octanol–water partition coefficient (Wildman–Crippen LogP) is 4.81. The normalized spacial score (nSPS) is 12.4. The molecule has 2 nitrogen and oxygen atoms in total. The summed E-state index contributed by atoms with van der Waals surface area (Å²) in [6, 6.07) is 16.6. The maximum atomic E-state index is 6.66. The quantitative estimate of drug-likeness (QED) is 0.680. The number of likely N-dealkylation sites (N-methyl/N-ethyl adjacent to an activating group) is 1. The summed E-state index contributed by atoms with van der Waals surface area (Å²) >= 11 is 6.66. The van der Waals surface area contributed by atoms with Crippen LogP contribution >= 0.6 is 11.6 Å². The number of ether oxygens (including phenoxy) is 1. The lowest BCUT2D eigenvalue weighted by atomic mass is 10.1. The van der Waals surface area contributed by atoms with E-state index in [4.69, 9.17) is 16.3 Å². The van der Waals surface area contributed by atoms with Gasteiger partial charge >= 0.3 is 0 Å². The van der Waals surface area contributed by atoms with Gasteiger partial charge in [-0.3, -0.25) is 0 Å². The van der Waals surface area contributed by atoms with Gasteiger partial charge in [0.2, 0.25) is 0 Å². The van der Waals surface area contributed by atoms with Crippen LogP contribution in [-0.4, -0.2) is 25.1 Å². The molecule has 2 aromatic rings. The molecule has 0 heterocycles. The summed E-state index contributed by atoms with van der Waals surface area (Å²) in [4.78, 5) is 2.24. The molecule has 2 rings (SSSR count). The first-order chi connectivity index (χ1) is 10.6. The van der Waals surface area contributed by atoms with Crippen molar-refractivity contribution in [3.63, 3.8) is 0 Å². The summed E-state index contributed by atoms with van der Waals surface area (Å²) in [6.45, 7) is 6.39. The molecule has 0 fully saturated rings. The maximum absolute atomic E-state index is 6.66. The zero-order valence-electron chi connectivity index (χ0n) is 13.6. The molecule has 0 aliphatic carbocycles. The molecule has 0 saturated carbocycles. The number of aryl methyl sites for hydroxylation is 1. The first-order valence-electron chi connectivity index (χ1n) is 7.70. The van der Waals surface area contributed by atoms with Crippen molar-refractivity contribution in [3.8, 4) is 5.75 Å². The van der Waals surface area contributed by atoms with Gasteiger partial charge < -0.3 is 9.64 Å². The minimum absolute atomic E-state index is 0.0878. The third-order valence-electron chi connectivity index (χ3n) is 3.57. The largest absolute Gasteiger partial charge is 0.494 e. The lowest BCUT2D eigenvalue weighted by molar-refractivity contribution is 0.314. The lowest BCUT2D eigenvalue weighted by Crippen LogP contribution is -2.22. The Morgan fingerprint density at radius 1 is 1.14 bits per heavy atom. The van der Waals surface area contributed by atoms with Gasteiger partial charge in [-0.2, -0.15) is 0 Å². The average Bonchev–Trinajstić information content (AvgIpc) is 2.50. The molecule has 1 atom stereocenters. The Morgan fingerprint density at radius 2 is 1.86 bits per heavy atom. The number of hydrogen-bond acceptors (Lipinski definition) is 2. The van der Waals surface area contributed by atoms with Crippen molar-refractivity contribution in [2.45, 2.75) is 25.8 Å². The molecule has 0 radical (unpaired) electrons. The molecular weight excluding hydrogens is 294 g/mol. The van der Waals surface area contributed by atoms with Crippen LogP contribution in [0.25, 0.3) is 0 Å². The van der Waals surface area contributed by atoms with E-state index in [1.165, 1.54) is 11.1 Å². The highest BCUT2D eigenvalue weighted by Crippen LogP contribution is 2.31. The van der Waals surface area contributed by atoms with Crippen LogP contribution in [-0.2, 0) is 6.54 Å². The van der Waals surface area contributed by atoms with Gasteiger partial charge in [0.1, 0.15) is 5.75 Å². The Labute approximate surface area is 138 Å². The van der Waals surface area contributed by atoms with Crippen molar-refractivity contribution >= 4 is 11.6 Å². The highest BCUT2D eigenvalue weighted by molar-refractivity contribution is 6.21. The maximum Gasteiger partial charge on any atom is 0.124 e. The molecule has 0 spiro atoms. The Hall–Kier alpha value is -1.51. The zero-order valence-corrected chi connectivity index (χ0v) is 14.3. The van der Waals surface area contributed by atoms with E-state index in [-0.39, 0.29) is 5.38 Å². The van der Waals surface area contributed by atoms with Crippen LogP contribution < -0.4 is 4.74 Å². The van der Waals surface area contributed by atoms with Crippen molar-refractivity contribution in [2.24, 2.45) is 0 Å². The molecule has 0 bridgehead atoms. The zero-order chi connectivity index (χ0) is 15.9. The number of alkyl halides is 1. The van der Waals surface area contributed by atoms with E-state index in [0.29, 0.717) is 6.61 Å². The van der Waals surface area contributed by atoms with E-state index in [2.05, 4.69) is 55.3 Å². The van der Waals surface area contributed by atoms with Crippen LogP contribution in [0.15, 0.2) is 48.5 Å². The summed E-state index contributed by atoms with van der Waals surface area (Å²) in [5.74, 6) is 0.890. The summed E-state index contributed by atoms with van der Waals surface area (Å²) < 4.78 is 5.71. The Balaban J connectivity index is 2.05. The van der Waals surface area contributed by atoms with E-state index in [9.17, 15) is 0 Å². The van der Waals surface area contributed by atoms with E-state index >= 15 is 0 Å². The third-order valence-corrected chi connectivity index (χ3v) is 3.94. The number of halogens is 1. The molecule has 1 unspecified atom stereocenters. The molecule has 0 saturated heterocycles. The molecule has 0 amide bonds. The molecule has 0 N–H and O–H groups in total. The number of benzene rings is 2. The van der Waals surface area contributed by atoms with Crippen molar-refractivity contribution in [1.82, 2.24) is 4.90 Å². The van der Waals surface area contributed by atoms with E-state index in [0.717, 1.165) is 24.4 Å². The fraction of sp³-hybridized carbons (Fsp3) is 0.368. The second-order valence-electron chi connectivity index (χ2n) is 5.62. The fourth-order valence-corrected chi connectivity index (χ4v) is 2.94. The van der Waals surface area contributed by atoms with Gasteiger partial charge in [0.25, 0.3) is 0 Å². The van der Waals surface area contributed by atoms with Crippen LogP contribution in [0.2, 0.25) is 0 Å². The van der Waals surface area contributed by atoms with Crippen molar-refractivity contribution in [2.75, 3.05) is 20.2 Å². The second-order valence-corrected chi connectivity index (χ2v) is 6.15. The Bertz CT molecular complexity index is 585. The van der Waals surface area contributed by atoms with Gasteiger partial charge in [0, 0.05) is 18.7 Å². The standard InChI is InChI=1S/C19H24ClNO/c1-4-22-19-11-10-15(2)12-17(19)18(20)14-21(3)13-16-8-6-5-7-9-16/h5-12,18H,4,13-14H2,1-3H3. The topological polar surface area (TPSA) is 12.5 Å². The lowest BCUT2D eigenvalue weighted by Gasteiger charge is -2.22. The predicted molar refractivity (Wildman–Crippen MR) is 93.7 cm³/mol. The summed E-state index contributed by atoms with van der Waals surface area (Å²) in [6.07, 6.45) is 0. The smallest absolute Gasteiger partial charge is 0.124 e. The highest BCUT2D eigenvalue weighted by atomic mass is 35.5. The van der Waals surface area contributed by atoms with Gasteiger partial charge in [-0.15, -0.1) is 11.6 Å². The van der Waals surface area contributed by atoms with Crippen molar-refractivity contribution in [3.05, 3.63) is 65.2 Å². The molecular formula is C19H24ClNO.